The number of aromatic nitrogens is 3. The monoisotopic (exact) mass is 410 g/mol. The van der Waals surface area contributed by atoms with Crippen molar-refractivity contribution in [2.24, 2.45) is 7.05 Å². The number of amides is 1. The van der Waals surface area contributed by atoms with Crippen molar-refractivity contribution in [3.63, 3.8) is 0 Å². The molecular formula is C21H22N4O3S. The number of carbonyl (C=O) groups is 2. The number of nitrogens with zero attached hydrogens (tertiary/aromatic N) is 3. The maximum Gasteiger partial charge on any atom is 0.313 e. The predicted molar refractivity (Wildman–Crippen MR) is 112 cm³/mol. The molecule has 7 nitrogen and oxygen atoms in total. The van der Waals surface area contributed by atoms with E-state index in [9.17, 15) is 9.59 Å². The van der Waals surface area contributed by atoms with E-state index in [2.05, 4.69) is 15.5 Å². The fourth-order valence-electron chi connectivity index (χ4n) is 2.59. The quantitative estimate of drug-likeness (QED) is 0.452. The van der Waals surface area contributed by atoms with Gasteiger partial charge in [0.05, 0.1) is 6.61 Å². The summed E-state index contributed by atoms with van der Waals surface area (Å²) in [6.07, 6.45) is 0.100. The number of thioether (sulfide) groups is 1. The highest BCUT2D eigenvalue weighted by Crippen LogP contribution is 2.22. The smallest absolute Gasteiger partial charge is 0.313 e. The van der Waals surface area contributed by atoms with Gasteiger partial charge in [-0.3, -0.25) is 9.59 Å². The maximum absolute atomic E-state index is 12.3. The molecule has 3 rings (SSSR count). The van der Waals surface area contributed by atoms with Crippen LogP contribution in [0.2, 0.25) is 0 Å². The van der Waals surface area contributed by atoms with E-state index in [1.165, 1.54) is 11.8 Å². The van der Waals surface area contributed by atoms with Gasteiger partial charge in [0.25, 0.3) is 5.91 Å². The van der Waals surface area contributed by atoms with Gasteiger partial charge >= 0.3 is 5.97 Å². The van der Waals surface area contributed by atoms with Crippen molar-refractivity contribution in [3.05, 3.63) is 71.5 Å². The van der Waals surface area contributed by atoms with Gasteiger partial charge in [-0.2, -0.15) is 0 Å². The number of nitrogens with one attached hydrogen (secondary N) is 1. The fourth-order valence-corrected chi connectivity index (χ4v) is 3.48. The van der Waals surface area contributed by atoms with Crippen molar-refractivity contribution in [2.45, 2.75) is 24.3 Å². The number of para-hydroxylation sites is 1. The van der Waals surface area contributed by atoms with Gasteiger partial charge < -0.3 is 14.6 Å². The van der Waals surface area contributed by atoms with E-state index < -0.39 is 0 Å². The Morgan fingerprint density at radius 2 is 1.79 bits per heavy atom. The molecule has 0 saturated heterocycles. The maximum atomic E-state index is 12.3. The molecule has 0 aliphatic carbocycles. The molecular weight excluding hydrogens is 388 g/mol. The Labute approximate surface area is 173 Å². The standard InChI is InChI=1S/C21H22N4O3S/c1-3-28-19(26)13-18-23-24-21(25(18)2)29-14-15-9-11-16(12-10-15)20(27)22-17-7-5-4-6-8-17/h4-12H,3,13-14H2,1-2H3,(H,22,27). The van der Waals surface area contributed by atoms with Gasteiger partial charge in [0, 0.05) is 24.1 Å². The first kappa shape index (κ1) is 20.6. The molecule has 29 heavy (non-hydrogen) atoms. The Balaban J connectivity index is 1.56. The largest absolute Gasteiger partial charge is 0.466 e. The normalized spacial score (nSPS) is 10.6. The summed E-state index contributed by atoms with van der Waals surface area (Å²) in [5.41, 5.74) is 2.41. The third-order valence-electron chi connectivity index (χ3n) is 4.15. The summed E-state index contributed by atoms with van der Waals surface area (Å²) in [4.78, 5) is 23.9. The summed E-state index contributed by atoms with van der Waals surface area (Å²) >= 11 is 1.51. The second-order valence-corrected chi connectivity index (χ2v) is 7.19. The molecule has 0 radical (unpaired) electrons. The van der Waals surface area contributed by atoms with Crippen LogP contribution in [0.4, 0.5) is 5.69 Å². The highest BCUT2D eigenvalue weighted by molar-refractivity contribution is 7.98. The zero-order valence-corrected chi connectivity index (χ0v) is 17.1. The highest BCUT2D eigenvalue weighted by Gasteiger charge is 2.14. The van der Waals surface area contributed by atoms with Crippen LogP contribution in [0.3, 0.4) is 0 Å². The zero-order chi connectivity index (χ0) is 20.6. The molecule has 3 aromatic rings. The number of hydrogen-bond donors (Lipinski definition) is 1. The van der Waals surface area contributed by atoms with Gasteiger partial charge in [0.1, 0.15) is 12.2 Å². The number of hydrogen-bond acceptors (Lipinski definition) is 6. The summed E-state index contributed by atoms with van der Waals surface area (Å²) in [6.45, 7) is 2.12. The summed E-state index contributed by atoms with van der Waals surface area (Å²) in [7, 11) is 1.83. The summed E-state index contributed by atoms with van der Waals surface area (Å²) < 4.78 is 6.74. The third-order valence-corrected chi connectivity index (χ3v) is 5.24. The Bertz CT molecular complexity index is 971. The van der Waals surface area contributed by atoms with Crippen LogP contribution in [0.5, 0.6) is 0 Å². The van der Waals surface area contributed by atoms with Crippen molar-refractivity contribution in [1.82, 2.24) is 14.8 Å². The van der Waals surface area contributed by atoms with Crippen molar-refractivity contribution in [1.29, 1.82) is 0 Å². The molecule has 0 saturated carbocycles. The van der Waals surface area contributed by atoms with E-state index in [0.29, 0.717) is 23.7 Å². The van der Waals surface area contributed by atoms with E-state index in [-0.39, 0.29) is 18.3 Å². The Kier molecular flexibility index (Phi) is 7.02. The first-order valence-corrected chi connectivity index (χ1v) is 10.2. The number of rotatable bonds is 8. The lowest BCUT2D eigenvalue weighted by Crippen LogP contribution is -2.11. The van der Waals surface area contributed by atoms with Gasteiger partial charge in [0.15, 0.2) is 5.16 Å². The number of carbonyl (C=O) groups excluding carboxylic acids is 2. The van der Waals surface area contributed by atoms with E-state index in [1.807, 2.05) is 49.5 Å². The van der Waals surface area contributed by atoms with E-state index in [1.54, 1.807) is 23.6 Å². The Hall–Kier alpha value is -3.13. The van der Waals surface area contributed by atoms with Crippen molar-refractivity contribution in [3.8, 4) is 0 Å². The molecule has 0 spiro atoms. The lowest BCUT2D eigenvalue weighted by molar-refractivity contribution is -0.142. The summed E-state index contributed by atoms with van der Waals surface area (Å²) in [5, 5.41) is 11.8. The van der Waals surface area contributed by atoms with E-state index in [0.717, 1.165) is 16.4 Å². The number of benzene rings is 2. The molecule has 0 aliphatic rings. The Morgan fingerprint density at radius 3 is 2.48 bits per heavy atom. The van der Waals surface area contributed by atoms with Gasteiger partial charge in [0.2, 0.25) is 0 Å². The van der Waals surface area contributed by atoms with Gasteiger partial charge in [-0.15, -0.1) is 10.2 Å². The summed E-state index contributed by atoms with van der Waals surface area (Å²) in [6, 6.07) is 16.8. The van der Waals surface area contributed by atoms with Gasteiger partial charge in [-0.25, -0.2) is 0 Å². The van der Waals surface area contributed by atoms with Crippen molar-refractivity contribution in [2.75, 3.05) is 11.9 Å². The van der Waals surface area contributed by atoms with Crippen LogP contribution in [0, 0.1) is 0 Å². The van der Waals surface area contributed by atoms with Crippen LogP contribution in [-0.4, -0.2) is 33.2 Å². The predicted octanol–water partition coefficient (Wildman–Crippen LogP) is 3.47. The SMILES string of the molecule is CCOC(=O)Cc1nnc(SCc2ccc(C(=O)Nc3ccccc3)cc2)n1C. The molecule has 0 fully saturated rings. The molecule has 1 heterocycles. The van der Waals surface area contributed by atoms with Crippen LogP contribution in [-0.2, 0) is 28.8 Å². The first-order valence-electron chi connectivity index (χ1n) is 9.19. The molecule has 1 amide bonds. The Morgan fingerprint density at radius 1 is 1.07 bits per heavy atom. The second-order valence-electron chi connectivity index (χ2n) is 6.25. The average Bonchev–Trinajstić information content (AvgIpc) is 3.07. The molecule has 0 atom stereocenters. The minimum Gasteiger partial charge on any atom is -0.466 e. The highest BCUT2D eigenvalue weighted by atomic mass is 32.2. The van der Waals surface area contributed by atoms with Crippen LogP contribution in [0.1, 0.15) is 28.7 Å². The minimum atomic E-state index is -0.316. The van der Waals surface area contributed by atoms with Crippen LogP contribution >= 0.6 is 11.8 Å². The molecule has 1 N–H and O–H groups in total. The van der Waals surface area contributed by atoms with Crippen LogP contribution in [0.25, 0.3) is 0 Å². The first-order chi connectivity index (χ1) is 14.1. The lowest BCUT2D eigenvalue weighted by atomic mass is 10.1. The second kappa shape index (κ2) is 9.88. The zero-order valence-electron chi connectivity index (χ0n) is 16.3. The van der Waals surface area contributed by atoms with E-state index >= 15 is 0 Å². The number of ether oxygens (including phenoxy) is 1. The molecule has 1 aromatic heterocycles. The average molecular weight is 410 g/mol. The lowest BCUT2D eigenvalue weighted by Gasteiger charge is -2.07. The molecule has 150 valence electrons. The molecule has 0 aliphatic heterocycles. The van der Waals surface area contributed by atoms with Crippen LogP contribution in [0.15, 0.2) is 59.8 Å². The third kappa shape index (κ3) is 5.68. The number of anilines is 1. The topological polar surface area (TPSA) is 86.1 Å². The van der Waals surface area contributed by atoms with Gasteiger partial charge in [-0.05, 0) is 36.8 Å². The minimum absolute atomic E-state index is 0.100. The van der Waals surface area contributed by atoms with Gasteiger partial charge in [-0.1, -0.05) is 42.1 Å². The molecule has 0 unspecified atom stereocenters. The van der Waals surface area contributed by atoms with Crippen LogP contribution < -0.4 is 5.32 Å². The number of esters is 1. The van der Waals surface area contributed by atoms with E-state index in [4.69, 9.17) is 4.74 Å². The molecule has 0 bridgehead atoms. The van der Waals surface area contributed by atoms with Crippen molar-refractivity contribution >= 4 is 29.3 Å². The molecule has 8 heteroatoms. The summed E-state index contributed by atoms with van der Waals surface area (Å²) in [5.74, 6) is 0.779. The van der Waals surface area contributed by atoms with Crippen molar-refractivity contribution < 1.29 is 14.3 Å². The fraction of sp³-hybridized carbons (Fsp3) is 0.238. The molecule has 2 aromatic carbocycles.